The Morgan fingerprint density at radius 1 is 1.53 bits per heavy atom. The Hall–Kier alpha value is -0.470. The first kappa shape index (κ1) is 14.6. The summed E-state index contributed by atoms with van der Waals surface area (Å²) in [5.41, 5.74) is 0. The molecule has 1 unspecified atom stereocenters. The van der Waals surface area contributed by atoms with Crippen LogP contribution in [0.25, 0.3) is 0 Å². The Kier molecular flexibility index (Phi) is 5.54. The SMILES string of the molecule is O=C(O)CC1CSCCN1CCOC(F)(F)F. The Morgan fingerprint density at radius 3 is 2.82 bits per heavy atom. The highest BCUT2D eigenvalue weighted by Crippen LogP contribution is 2.20. The summed E-state index contributed by atoms with van der Waals surface area (Å²) >= 11 is 1.62. The first-order chi connectivity index (χ1) is 7.88. The van der Waals surface area contributed by atoms with E-state index in [-0.39, 0.29) is 19.0 Å². The van der Waals surface area contributed by atoms with Crippen molar-refractivity contribution >= 4 is 17.7 Å². The molecule has 0 spiro atoms. The van der Waals surface area contributed by atoms with Crippen LogP contribution in [0.3, 0.4) is 0 Å². The molecule has 1 fully saturated rings. The van der Waals surface area contributed by atoms with E-state index in [4.69, 9.17) is 5.11 Å². The van der Waals surface area contributed by atoms with Crippen molar-refractivity contribution in [1.82, 2.24) is 4.90 Å². The average Bonchev–Trinajstić information content (AvgIpc) is 2.18. The fraction of sp³-hybridized carbons (Fsp3) is 0.889. The number of carboxylic acid groups (broad SMARTS) is 1. The van der Waals surface area contributed by atoms with Gasteiger partial charge >= 0.3 is 12.3 Å². The van der Waals surface area contributed by atoms with Crippen LogP contribution >= 0.6 is 11.8 Å². The van der Waals surface area contributed by atoms with Crippen molar-refractivity contribution < 1.29 is 27.8 Å². The Balaban J connectivity index is 2.35. The second kappa shape index (κ2) is 6.46. The van der Waals surface area contributed by atoms with Crippen molar-refractivity contribution in [3.63, 3.8) is 0 Å². The van der Waals surface area contributed by atoms with Gasteiger partial charge in [0.1, 0.15) is 0 Å². The van der Waals surface area contributed by atoms with Crippen molar-refractivity contribution in [3.05, 3.63) is 0 Å². The van der Waals surface area contributed by atoms with Crippen LogP contribution in [0.4, 0.5) is 13.2 Å². The largest absolute Gasteiger partial charge is 0.522 e. The van der Waals surface area contributed by atoms with Gasteiger partial charge in [-0.3, -0.25) is 14.4 Å². The van der Waals surface area contributed by atoms with Crippen molar-refractivity contribution in [3.8, 4) is 0 Å². The van der Waals surface area contributed by atoms with Crippen LogP contribution in [-0.2, 0) is 9.53 Å². The number of nitrogens with zero attached hydrogens (tertiary/aromatic N) is 1. The summed E-state index contributed by atoms with van der Waals surface area (Å²) in [6.07, 6.45) is -4.66. The molecular weight excluding hydrogens is 259 g/mol. The third kappa shape index (κ3) is 6.13. The second-order valence-electron chi connectivity index (χ2n) is 3.66. The average molecular weight is 273 g/mol. The van der Waals surface area contributed by atoms with E-state index in [1.54, 1.807) is 16.7 Å². The third-order valence-corrected chi connectivity index (χ3v) is 3.50. The minimum Gasteiger partial charge on any atom is -0.481 e. The van der Waals surface area contributed by atoms with E-state index in [1.807, 2.05) is 0 Å². The number of thioether (sulfide) groups is 1. The maximum Gasteiger partial charge on any atom is 0.522 e. The minimum absolute atomic E-state index is 0.0426. The molecule has 1 aliphatic rings. The van der Waals surface area contributed by atoms with Crippen molar-refractivity contribution in [2.75, 3.05) is 31.2 Å². The van der Waals surface area contributed by atoms with Gasteiger partial charge in [0.15, 0.2) is 0 Å². The van der Waals surface area contributed by atoms with Crippen LogP contribution in [0.1, 0.15) is 6.42 Å². The quantitative estimate of drug-likeness (QED) is 0.821. The highest BCUT2D eigenvalue weighted by molar-refractivity contribution is 7.99. The molecule has 0 saturated carbocycles. The molecule has 17 heavy (non-hydrogen) atoms. The van der Waals surface area contributed by atoms with Crippen molar-refractivity contribution in [1.29, 1.82) is 0 Å². The van der Waals surface area contributed by atoms with Gasteiger partial charge in [0.2, 0.25) is 0 Å². The van der Waals surface area contributed by atoms with E-state index in [0.717, 1.165) is 5.75 Å². The van der Waals surface area contributed by atoms with Crippen LogP contribution < -0.4 is 0 Å². The van der Waals surface area contributed by atoms with Crippen LogP contribution in [-0.4, -0.2) is 59.6 Å². The highest BCUT2D eigenvalue weighted by Gasteiger charge is 2.30. The standard InChI is InChI=1S/C9H14F3NO3S/c10-9(11,12)16-3-1-13-2-4-17-6-7(13)5-8(14)15/h7H,1-6H2,(H,14,15). The van der Waals surface area contributed by atoms with Gasteiger partial charge in [-0.25, -0.2) is 0 Å². The molecule has 1 rings (SSSR count). The monoisotopic (exact) mass is 273 g/mol. The predicted molar refractivity (Wildman–Crippen MR) is 56.9 cm³/mol. The maximum atomic E-state index is 11.8. The number of hydrogen-bond acceptors (Lipinski definition) is 4. The Bertz CT molecular complexity index is 262. The number of rotatable bonds is 5. The first-order valence-corrected chi connectivity index (χ1v) is 6.28. The van der Waals surface area contributed by atoms with Gasteiger partial charge in [-0.05, 0) is 0 Å². The number of carbonyl (C=O) groups is 1. The summed E-state index contributed by atoms with van der Waals surface area (Å²) in [6.45, 7) is 0.256. The van der Waals surface area contributed by atoms with Gasteiger partial charge in [0, 0.05) is 30.6 Å². The van der Waals surface area contributed by atoms with Gasteiger partial charge in [-0.1, -0.05) is 0 Å². The van der Waals surface area contributed by atoms with Crippen LogP contribution in [0.15, 0.2) is 0 Å². The van der Waals surface area contributed by atoms with Gasteiger partial charge in [0.25, 0.3) is 0 Å². The van der Waals surface area contributed by atoms with E-state index in [0.29, 0.717) is 12.3 Å². The fourth-order valence-corrected chi connectivity index (χ4v) is 2.78. The van der Waals surface area contributed by atoms with Gasteiger partial charge in [-0.15, -0.1) is 13.2 Å². The van der Waals surface area contributed by atoms with Crippen LogP contribution in [0, 0.1) is 0 Å². The molecule has 1 heterocycles. The summed E-state index contributed by atoms with van der Waals surface area (Å²) in [4.78, 5) is 12.3. The number of aliphatic carboxylic acids is 1. The summed E-state index contributed by atoms with van der Waals surface area (Å²) < 4.78 is 39.0. The lowest BCUT2D eigenvalue weighted by Gasteiger charge is -2.34. The first-order valence-electron chi connectivity index (χ1n) is 5.13. The van der Waals surface area contributed by atoms with Crippen molar-refractivity contribution in [2.45, 2.75) is 18.8 Å². The summed E-state index contributed by atoms with van der Waals surface area (Å²) in [5, 5.41) is 8.69. The molecule has 0 bridgehead atoms. The highest BCUT2D eigenvalue weighted by atomic mass is 32.2. The zero-order valence-corrected chi connectivity index (χ0v) is 9.89. The molecular formula is C9H14F3NO3S. The maximum absolute atomic E-state index is 11.8. The van der Waals surface area contributed by atoms with Crippen LogP contribution in [0.2, 0.25) is 0 Å². The zero-order chi connectivity index (χ0) is 12.9. The molecule has 0 aromatic carbocycles. The molecule has 0 aromatic rings. The molecule has 4 nitrogen and oxygen atoms in total. The number of carboxylic acids is 1. The van der Waals surface area contributed by atoms with E-state index >= 15 is 0 Å². The number of hydrogen-bond donors (Lipinski definition) is 1. The zero-order valence-electron chi connectivity index (χ0n) is 9.07. The molecule has 0 aromatic heterocycles. The molecule has 0 aliphatic carbocycles. The van der Waals surface area contributed by atoms with Crippen LogP contribution in [0.5, 0.6) is 0 Å². The van der Waals surface area contributed by atoms with Gasteiger partial charge < -0.3 is 5.11 Å². The molecule has 0 radical (unpaired) electrons. The molecule has 1 saturated heterocycles. The van der Waals surface area contributed by atoms with Gasteiger partial charge in [0.05, 0.1) is 13.0 Å². The number of halogens is 3. The fourth-order valence-electron chi connectivity index (χ4n) is 1.65. The third-order valence-electron chi connectivity index (χ3n) is 2.40. The normalized spacial score (nSPS) is 22.6. The van der Waals surface area contributed by atoms with Crippen molar-refractivity contribution in [2.24, 2.45) is 0 Å². The summed E-state index contributed by atoms with van der Waals surface area (Å²) in [6, 6.07) is -0.205. The second-order valence-corrected chi connectivity index (χ2v) is 4.81. The molecule has 100 valence electrons. The lowest BCUT2D eigenvalue weighted by Crippen LogP contribution is -2.45. The molecule has 0 amide bonds. The Labute approximate surface area is 101 Å². The molecule has 1 N–H and O–H groups in total. The summed E-state index contributed by atoms with van der Waals surface area (Å²) in [5.74, 6) is 0.514. The lowest BCUT2D eigenvalue weighted by atomic mass is 10.2. The summed E-state index contributed by atoms with van der Waals surface area (Å²) in [7, 11) is 0. The van der Waals surface area contributed by atoms with E-state index in [1.165, 1.54) is 0 Å². The van der Waals surface area contributed by atoms with E-state index in [9.17, 15) is 18.0 Å². The smallest absolute Gasteiger partial charge is 0.481 e. The lowest BCUT2D eigenvalue weighted by molar-refractivity contribution is -0.325. The number of ether oxygens (including phenoxy) is 1. The molecule has 8 heteroatoms. The number of alkyl halides is 3. The topological polar surface area (TPSA) is 49.8 Å². The van der Waals surface area contributed by atoms with E-state index < -0.39 is 18.9 Å². The minimum atomic E-state index is -4.62. The van der Waals surface area contributed by atoms with Gasteiger partial charge in [-0.2, -0.15) is 11.8 Å². The molecule has 1 atom stereocenters. The predicted octanol–water partition coefficient (Wildman–Crippen LogP) is 1.41. The van der Waals surface area contributed by atoms with E-state index in [2.05, 4.69) is 4.74 Å². The molecule has 1 aliphatic heterocycles. The Morgan fingerprint density at radius 2 is 2.24 bits per heavy atom.